The average Bonchev–Trinajstić information content (AvgIpc) is 3.35. The van der Waals surface area contributed by atoms with Crippen molar-refractivity contribution in [3.05, 3.63) is 47.6 Å². The van der Waals surface area contributed by atoms with E-state index in [0.717, 1.165) is 10.6 Å². The molecule has 0 aromatic carbocycles. The van der Waals surface area contributed by atoms with Gasteiger partial charge in [-0.05, 0) is 107 Å². The summed E-state index contributed by atoms with van der Waals surface area (Å²) in [4.78, 5) is 89.8. The SMILES string of the molecule is CO[C@H]1C[C@@H]2CC[C@@H](C)[C@@](O)(O2)C(=O)C(=O)N2CCCC[C@H]2C(=O)O[C@H]([C@H](C)C[C@@H]2CC[C@@H](OC(=O)N(C)OC)[C@H](OC)C2)CC(=O)[C@H](C)/C=C(\C)[C@@H](O)[C@@H](OC)C(=O)[C@H](C)C[C@H](C)\C=C/C=C/C=C/1C. The fraction of sp³-hybridized carbons (Fsp3) is 0.741. The van der Waals surface area contributed by atoms with Crippen LogP contribution >= 0.6 is 0 Å². The molecular weight excluding hydrogens is 917 g/mol. The highest BCUT2D eigenvalue weighted by Gasteiger charge is 2.53. The smallest absolute Gasteiger partial charge is 0.434 e. The first-order valence-electron chi connectivity index (χ1n) is 25.6. The molecule has 17 heteroatoms. The van der Waals surface area contributed by atoms with Gasteiger partial charge in [-0.2, -0.15) is 5.06 Å². The van der Waals surface area contributed by atoms with E-state index in [9.17, 15) is 39.0 Å². The van der Waals surface area contributed by atoms with E-state index < -0.39 is 102 Å². The van der Waals surface area contributed by atoms with E-state index in [1.54, 1.807) is 48.0 Å². The molecule has 1 aliphatic carbocycles. The molecule has 2 amide bonds. The average molecular weight is 1000 g/mol. The van der Waals surface area contributed by atoms with Crippen molar-refractivity contribution in [1.29, 1.82) is 0 Å². The number of amides is 2. The van der Waals surface area contributed by atoms with E-state index in [1.165, 1.54) is 26.2 Å². The zero-order valence-corrected chi connectivity index (χ0v) is 44.3. The Kier molecular flexibility index (Phi) is 23.3. The summed E-state index contributed by atoms with van der Waals surface area (Å²) in [5.41, 5.74) is 1.24. The molecule has 0 radical (unpaired) electrons. The van der Waals surface area contributed by atoms with Crippen LogP contribution in [0.2, 0.25) is 0 Å². The van der Waals surface area contributed by atoms with E-state index in [1.807, 2.05) is 51.2 Å². The van der Waals surface area contributed by atoms with Crippen LogP contribution in [0.5, 0.6) is 0 Å². The fourth-order valence-electron chi connectivity index (χ4n) is 10.5. The predicted molar refractivity (Wildman–Crippen MR) is 264 cm³/mol. The van der Waals surface area contributed by atoms with Crippen molar-refractivity contribution >= 4 is 35.3 Å². The van der Waals surface area contributed by atoms with Crippen molar-refractivity contribution in [3.63, 3.8) is 0 Å². The Morgan fingerprint density at radius 2 is 1.59 bits per heavy atom. The number of hydroxylamine groups is 2. The van der Waals surface area contributed by atoms with Gasteiger partial charge >= 0.3 is 12.1 Å². The van der Waals surface area contributed by atoms with Gasteiger partial charge in [0, 0.05) is 65.5 Å². The minimum absolute atomic E-state index is 0.00393. The number of Topliss-reactive ketones (excluding diaryl/α,β-unsaturated/α-hetero) is 3. The number of esters is 1. The molecule has 3 fully saturated rings. The highest BCUT2D eigenvalue weighted by molar-refractivity contribution is 6.39. The maximum absolute atomic E-state index is 14.5. The summed E-state index contributed by atoms with van der Waals surface area (Å²) >= 11 is 0. The third-order valence-electron chi connectivity index (χ3n) is 15.2. The first-order chi connectivity index (χ1) is 33.6. The van der Waals surface area contributed by atoms with Crippen molar-refractivity contribution in [2.75, 3.05) is 42.0 Å². The van der Waals surface area contributed by atoms with Crippen LogP contribution in [-0.2, 0) is 57.2 Å². The monoisotopic (exact) mass is 1000 g/mol. The third-order valence-corrected chi connectivity index (χ3v) is 15.2. The molecular formula is C54H84N2O15. The van der Waals surface area contributed by atoms with Gasteiger partial charge in [0.1, 0.15) is 36.2 Å². The molecule has 4 rings (SSSR count). The van der Waals surface area contributed by atoms with Crippen LogP contribution in [0, 0.1) is 35.5 Å². The van der Waals surface area contributed by atoms with Gasteiger partial charge in [0.15, 0.2) is 5.78 Å². The molecule has 2 saturated heterocycles. The summed E-state index contributed by atoms with van der Waals surface area (Å²) < 4.78 is 35.4. The van der Waals surface area contributed by atoms with Crippen molar-refractivity contribution in [2.24, 2.45) is 35.5 Å². The quantitative estimate of drug-likeness (QED) is 0.111. The number of aliphatic hydroxyl groups is 2. The molecule has 3 aliphatic heterocycles. The Morgan fingerprint density at radius 3 is 2.25 bits per heavy atom. The third kappa shape index (κ3) is 15.9. The van der Waals surface area contributed by atoms with Crippen LogP contribution in [0.3, 0.4) is 0 Å². The highest BCUT2D eigenvalue weighted by Crippen LogP contribution is 2.38. The number of cyclic esters (lactones) is 1. The lowest BCUT2D eigenvalue weighted by Gasteiger charge is -2.42. The Bertz CT molecular complexity index is 1950. The number of hydrogen-bond donors (Lipinski definition) is 2. The highest BCUT2D eigenvalue weighted by atomic mass is 16.7. The number of aliphatic hydroxyl groups excluding tert-OH is 1. The van der Waals surface area contributed by atoms with Crippen LogP contribution in [0.1, 0.15) is 126 Å². The maximum Gasteiger partial charge on any atom is 0.434 e. The summed E-state index contributed by atoms with van der Waals surface area (Å²) in [6.07, 6.45) is 9.88. The van der Waals surface area contributed by atoms with Gasteiger partial charge in [-0.1, -0.05) is 71.1 Å². The number of piperidine rings is 1. The number of ether oxygens (including phenoxy) is 6. The summed E-state index contributed by atoms with van der Waals surface area (Å²) in [6, 6.07) is -1.18. The van der Waals surface area contributed by atoms with Gasteiger partial charge in [-0.15, -0.1) is 0 Å². The van der Waals surface area contributed by atoms with E-state index in [-0.39, 0.29) is 42.8 Å². The van der Waals surface area contributed by atoms with Crippen LogP contribution in [0.15, 0.2) is 47.6 Å². The van der Waals surface area contributed by atoms with E-state index in [4.69, 9.17) is 33.3 Å². The van der Waals surface area contributed by atoms with Gasteiger partial charge in [0.05, 0.1) is 25.4 Å². The molecule has 2 N–H and O–H groups in total. The topological polar surface area (TPSA) is 214 Å². The summed E-state index contributed by atoms with van der Waals surface area (Å²) in [6.45, 7) is 12.6. The largest absolute Gasteiger partial charge is 0.460 e. The van der Waals surface area contributed by atoms with E-state index in [0.29, 0.717) is 69.8 Å². The molecule has 0 unspecified atom stereocenters. The number of nitrogens with zero attached hydrogens (tertiary/aromatic N) is 2. The molecule has 3 heterocycles. The van der Waals surface area contributed by atoms with Gasteiger partial charge < -0.3 is 43.5 Å². The van der Waals surface area contributed by atoms with Crippen LogP contribution in [-0.4, -0.2) is 152 Å². The van der Waals surface area contributed by atoms with E-state index >= 15 is 0 Å². The number of carbonyl (C=O) groups is 6. The summed E-state index contributed by atoms with van der Waals surface area (Å²) in [5, 5.41) is 24.5. The van der Waals surface area contributed by atoms with Crippen molar-refractivity contribution in [2.45, 2.75) is 180 Å². The molecule has 0 aromatic heterocycles. The maximum atomic E-state index is 14.5. The molecule has 71 heavy (non-hydrogen) atoms. The number of allylic oxidation sites excluding steroid dienone is 6. The minimum Gasteiger partial charge on any atom is -0.460 e. The lowest BCUT2D eigenvalue weighted by atomic mass is 9.78. The zero-order chi connectivity index (χ0) is 52.7. The number of rotatable bonds is 8. The number of ketones is 3. The van der Waals surface area contributed by atoms with Gasteiger partial charge in [0.2, 0.25) is 5.79 Å². The Morgan fingerprint density at radius 1 is 0.873 bits per heavy atom. The Balaban J connectivity index is 1.69. The summed E-state index contributed by atoms with van der Waals surface area (Å²) in [5.74, 6) is -8.34. The summed E-state index contributed by atoms with van der Waals surface area (Å²) in [7, 11) is 7.30. The molecule has 400 valence electrons. The first kappa shape index (κ1) is 59.5. The Hall–Kier alpha value is -4.10. The van der Waals surface area contributed by atoms with Crippen molar-refractivity contribution < 1.29 is 72.2 Å². The van der Waals surface area contributed by atoms with Crippen LogP contribution < -0.4 is 0 Å². The molecule has 17 nitrogen and oxygen atoms in total. The molecule has 4 aliphatic rings. The lowest BCUT2D eigenvalue weighted by molar-refractivity contribution is -0.265. The number of methoxy groups -OCH3 is 3. The van der Waals surface area contributed by atoms with Gasteiger partial charge in [0.25, 0.3) is 11.7 Å². The first-order valence-corrected chi connectivity index (χ1v) is 25.6. The molecule has 2 bridgehead atoms. The second-order valence-corrected chi connectivity index (χ2v) is 20.6. The van der Waals surface area contributed by atoms with Gasteiger partial charge in [-0.25, -0.2) is 9.59 Å². The Labute approximate surface area is 421 Å². The molecule has 1 saturated carbocycles. The van der Waals surface area contributed by atoms with Crippen molar-refractivity contribution in [1.82, 2.24) is 9.96 Å². The normalized spacial score (nSPS) is 37.9. The second-order valence-electron chi connectivity index (χ2n) is 20.6. The predicted octanol–water partition coefficient (Wildman–Crippen LogP) is 6.82. The van der Waals surface area contributed by atoms with Crippen LogP contribution in [0.4, 0.5) is 4.79 Å². The second kappa shape index (κ2) is 27.8. The van der Waals surface area contributed by atoms with Gasteiger partial charge in [-0.3, -0.25) is 24.0 Å². The molecule has 0 aromatic rings. The van der Waals surface area contributed by atoms with Crippen molar-refractivity contribution in [3.8, 4) is 0 Å². The van der Waals surface area contributed by atoms with E-state index in [2.05, 4.69) is 0 Å². The van der Waals surface area contributed by atoms with Crippen LogP contribution in [0.25, 0.3) is 0 Å². The number of hydrogen-bond acceptors (Lipinski definition) is 15. The molecule has 0 spiro atoms. The minimum atomic E-state index is -2.45. The molecule has 15 atom stereocenters. The lowest BCUT2D eigenvalue weighted by Crippen LogP contribution is -2.61. The number of carbonyl (C=O) groups excluding carboxylic acids is 6. The number of fused-ring (bicyclic) bond motifs is 3. The fourth-order valence-corrected chi connectivity index (χ4v) is 10.5. The standard InChI is InChI=1S/C54H84N2O15/c1-32-18-14-13-15-19-33(2)44(65-9)30-40-23-21-38(7)54(64,71-40)50(60)51(61)56-25-17-16-20-41(56)52(62)69-45(31-42(57)34(3)27-37(6)48(59)49(67-11)47(58)36(5)26-32)35(4)28-39-22-24-43(46(29-39)66-10)70-53(63)55(8)68-12/h13-15,18-19,27,32,34-36,38-41,43-46,48-49,59,64H,16-17,20-26,28-31H2,1-12H3/b15-13+,18-14-,33-19+,37-27+/t32-,34-,35-,36-,38-,39+,40+,41+,43-,44+,45+,46-,48-,49+,54-/m1/s1. The zero-order valence-electron chi connectivity index (χ0n) is 44.3.